The average Bonchev–Trinajstić information content (AvgIpc) is 2.57. The van der Waals surface area contributed by atoms with Crippen molar-refractivity contribution in [3.8, 4) is 0 Å². The first-order valence-corrected chi connectivity index (χ1v) is 9.40. The van der Waals surface area contributed by atoms with E-state index in [0.29, 0.717) is 11.8 Å². The van der Waals surface area contributed by atoms with Crippen molar-refractivity contribution in [3.05, 3.63) is 10.6 Å². The molecule has 2 saturated heterocycles. The summed E-state index contributed by atoms with van der Waals surface area (Å²) in [7, 11) is 0. The second-order valence-corrected chi connectivity index (χ2v) is 7.54. The molecule has 2 aliphatic carbocycles. The number of fused-ring (bicyclic) bond motifs is 2. The summed E-state index contributed by atoms with van der Waals surface area (Å²) in [6.45, 7) is 1.89. The molecule has 2 heterocycles. The van der Waals surface area contributed by atoms with Crippen molar-refractivity contribution in [2.75, 3.05) is 13.1 Å². The van der Waals surface area contributed by atoms with Gasteiger partial charge in [-0.3, -0.25) is 0 Å². The van der Waals surface area contributed by atoms with Gasteiger partial charge >= 0.3 is 19.5 Å². The SMILES string of the molecule is [O-]C1CCCC2CCC[N-]C12.[O-]C1CCCC2CCC[N-]C12.[Zn+2]. The quantitative estimate of drug-likeness (QED) is 0.611. The maximum absolute atomic E-state index is 11.4. The molecule has 4 fully saturated rings. The topological polar surface area (TPSA) is 74.3 Å². The van der Waals surface area contributed by atoms with Gasteiger partial charge in [-0.2, -0.15) is 0 Å². The van der Waals surface area contributed by atoms with Crippen molar-refractivity contribution in [1.29, 1.82) is 0 Å². The zero-order valence-electron chi connectivity index (χ0n) is 14.4. The van der Waals surface area contributed by atoms with Crippen LogP contribution in [-0.2, 0) is 19.5 Å². The van der Waals surface area contributed by atoms with Crippen LogP contribution in [0.1, 0.15) is 64.2 Å². The molecule has 5 heteroatoms. The third-order valence-electron chi connectivity index (χ3n) is 6.00. The van der Waals surface area contributed by atoms with E-state index in [0.717, 1.165) is 38.8 Å². The van der Waals surface area contributed by atoms with Crippen LogP contribution in [0.2, 0.25) is 0 Å². The first kappa shape index (κ1) is 19.8. The Morgan fingerprint density at radius 2 is 0.957 bits per heavy atom. The van der Waals surface area contributed by atoms with Crippen molar-refractivity contribution in [1.82, 2.24) is 0 Å². The molecule has 0 radical (unpaired) electrons. The van der Waals surface area contributed by atoms with Crippen LogP contribution in [0, 0.1) is 11.8 Å². The normalized spacial score (nSPS) is 43.0. The molecule has 128 valence electrons. The van der Waals surface area contributed by atoms with E-state index in [1.807, 2.05) is 0 Å². The van der Waals surface area contributed by atoms with Crippen LogP contribution in [0.4, 0.5) is 0 Å². The second-order valence-electron chi connectivity index (χ2n) is 7.54. The molecule has 0 aromatic rings. The van der Waals surface area contributed by atoms with Gasteiger partial charge in [0.1, 0.15) is 0 Å². The molecular formula is C18H30N2O2Zn-2. The zero-order chi connectivity index (χ0) is 15.4. The fraction of sp³-hybridized carbons (Fsp3) is 1.00. The molecule has 2 aliphatic heterocycles. The van der Waals surface area contributed by atoms with Gasteiger partial charge in [-0.15, -0.1) is 37.4 Å². The number of nitrogens with zero attached hydrogens (tertiary/aromatic N) is 2. The molecule has 0 aromatic heterocycles. The van der Waals surface area contributed by atoms with Gasteiger partial charge in [-0.25, -0.2) is 0 Å². The number of hydrogen-bond donors (Lipinski definition) is 0. The molecule has 6 atom stereocenters. The van der Waals surface area contributed by atoms with Gasteiger partial charge in [0.2, 0.25) is 0 Å². The summed E-state index contributed by atoms with van der Waals surface area (Å²) in [6, 6.07) is 0.384. The molecule has 0 bridgehead atoms. The minimum Gasteiger partial charge on any atom is -0.853 e. The third-order valence-corrected chi connectivity index (χ3v) is 6.00. The van der Waals surface area contributed by atoms with Gasteiger partial charge in [-0.05, 0) is 0 Å². The standard InChI is InChI=1S/2C9H15NO.Zn/c2*11-8-5-1-3-7-4-2-6-10-9(7)8;/h2*7-9H,1-6H2;/q2*-2;+2. The Balaban J connectivity index is 0.000000160. The Hall–Kier alpha value is 0.463. The van der Waals surface area contributed by atoms with Crippen LogP contribution in [0.25, 0.3) is 10.6 Å². The molecule has 0 spiro atoms. The Morgan fingerprint density at radius 3 is 1.35 bits per heavy atom. The predicted molar refractivity (Wildman–Crippen MR) is 84.8 cm³/mol. The maximum Gasteiger partial charge on any atom is 2.00 e. The zero-order valence-corrected chi connectivity index (χ0v) is 17.3. The fourth-order valence-electron chi connectivity index (χ4n) is 4.80. The summed E-state index contributed by atoms with van der Waals surface area (Å²) < 4.78 is 0. The smallest absolute Gasteiger partial charge is 0.853 e. The first-order chi connectivity index (χ1) is 10.8. The minimum absolute atomic E-state index is 0. The third kappa shape index (κ3) is 5.22. The number of piperidine rings is 2. The van der Waals surface area contributed by atoms with Crippen LogP contribution in [0.15, 0.2) is 0 Å². The van der Waals surface area contributed by atoms with E-state index in [1.54, 1.807) is 0 Å². The van der Waals surface area contributed by atoms with E-state index in [9.17, 15) is 10.2 Å². The van der Waals surface area contributed by atoms with Crippen LogP contribution >= 0.6 is 0 Å². The summed E-state index contributed by atoms with van der Waals surface area (Å²) in [5.41, 5.74) is 0. The van der Waals surface area contributed by atoms with Gasteiger partial charge in [0.15, 0.2) is 0 Å². The van der Waals surface area contributed by atoms with E-state index in [2.05, 4.69) is 10.6 Å². The minimum atomic E-state index is -0.367. The van der Waals surface area contributed by atoms with Gasteiger partial charge in [-0.1, -0.05) is 76.0 Å². The molecule has 0 amide bonds. The molecular weight excluding hydrogens is 342 g/mol. The summed E-state index contributed by atoms with van der Waals surface area (Å²) >= 11 is 0. The van der Waals surface area contributed by atoms with Crippen LogP contribution in [-0.4, -0.2) is 37.4 Å². The predicted octanol–water partition coefficient (Wildman–Crippen LogP) is 2.10. The van der Waals surface area contributed by atoms with E-state index < -0.39 is 0 Å². The fourth-order valence-corrected chi connectivity index (χ4v) is 4.80. The van der Waals surface area contributed by atoms with Gasteiger partial charge in [0.25, 0.3) is 0 Å². The monoisotopic (exact) mass is 370 g/mol. The molecule has 4 nitrogen and oxygen atoms in total. The summed E-state index contributed by atoms with van der Waals surface area (Å²) in [4.78, 5) is 0. The second kappa shape index (κ2) is 9.82. The van der Waals surface area contributed by atoms with Crippen molar-refractivity contribution in [2.45, 2.75) is 88.5 Å². The van der Waals surface area contributed by atoms with E-state index in [-0.39, 0.29) is 43.8 Å². The summed E-state index contributed by atoms with van der Waals surface area (Å²) in [5.74, 6) is 1.31. The Bertz CT molecular complexity index is 309. The van der Waals surface area contributed by atoms with Crippen LogP contribution in [0.5, 0.6) is 0 Å². The molecule has 0 aromatic carbocycles. The average molecular weight is 372 g/mol. The van der Waals surface area contributed by atoms with Crippen molar-refractivity contribution in [2.24, 2.45) is 11.8 Å². The summed E-state index contributed by atoms with van der Waals surface area (Å²) in [5, 5.41) is 31.7. The van der Waals surface area contributed by atoms with E-state index in [4.69, 9.17) is 0 Å². The van der Waals surface area contributed by atoms with Gasteiger partial charge < -0.3 is 20.8 Å². The Morgan fingerprint density at radius 1 is 0.565 bits per heavy atom. The number of rotatable bonds is 0. The molecule has 2 saturated carbocycles. The van der Waals surface area contributed by atoms with Crippen LogP contribution in [0.3, 0.4) is 0 Å². The van der Waals surface area contributed by atoms with E-state index >= 15 is 0 Å². The Kier molecular flexibility index (Phi) is 8.45. The molecule has 6 unspecified atom stereocenters. The maximum atomic E-state index is 11.4. The molecule has 23 heavy (non-hydrogen) atoms. The Labute approximate surface area is 153 Å². The molecule has 4 rings (SSSR count). The van der Waals surface area contributed by atoms with Gasteiger partial charge in [0.05, 0.1) is 0 Å². The summed E-state index contributed by atoms with van der Waals surface area (Å²) in [6.07, 6.45) is 10.7. The van der Waals surface area contributed by atoms with Gasteiger partial charge in [0, 0.05) is 0 Å². The number of hydrogen-bond acceptors (Lipinski definition) is 2. The van der Waals surface area contributed by atoms with Crippen molar-refractivity contribution >= 4 is 0 Å². The molecule has 0 N–H and O–H groups in total. The first-order valence-electron chi connectivity index (χ1n) is 9.40. The molecule has 4 aliphatic rings. The van der Waals surface area contributed by atoms with Crippen LogP contribution < -0.4 is 10.2 Å². The van der Waals surface area contributed by atoms with Crippen molar-refractivity contribution in [3.63, 3.8) is 0 Å². The van der Waals surface area contributed by atoms with Crippen molar-refractivity contribution < 1.29 is 29.7 Å². The van der Waals surface area contributed by atoms with E-state index in [1.165, 1.54) is 38.5 Å². The largest absolute Gasteiger partial charge is 2.00 e.